The van der Waals surface area contributed by atoms with Gasteiger partial charge in [0.25, 0.3) is 0 Å². The van der Waals surface area contributed by atoms with Gasteiger partial charge >= 0.3 is 59.7 Å². The van der Waals surface area contributed by atoms with Crippen molar-refractivity contribution in [3.63, 3.8) is 0 Å². The molecule has 2 aliphatic carbocycles. The lowest BCUT2D eigenvalue weighted by Gasteiger charge is -2.26. The molecular weight excluding hydrogens is 1100 g/mol. The smallest absolute Gasteiger partial charge is 0.333 e. The summed E-state index contributed by atoms with van der Waals surface area (Å²) in [5.74, 6) is -4.00. The zero-order chi connectivity index (χ0) is 62.8. The molecular formula is C65H82O20. The van der Waals surface area contributed by atoms with Gasteiger partial charge in [0, 0.05) is 24.0 Å². The predicted octanol–water partition coefficient (Wildman–Crippen LogP) is 9.64. The summed E-state index contributed by atoms with van der Waals surface area (Å²) >= 11 is 0. The first kappa shape index (κ1) is 69.3. The van der Waals surface area contributed by atoms with Crippen LogP contribution in [0.5, 0.6) is 17.2 Å². The van der Waals surface area contributed by atoms with E-state index in [0.29, 0.717) is 81.5 Å². The van der Waals surface area contributed by atoms with Crippen molar-refractivity contribution in [1.29, 1.82) is 0 Å². The third-order valence-corrected chi connectivity index (χ3v) is 14.6. The molecule has 85 heavy (non-hydrogen) atoms. The summed E-state index contributed by atoms with van der Waals surface area (Å²) in [4.78, 5) is 120. The predicted molar refractivity (Wildman–Crippen MR) is 309 cm³/mol. The Kier molecular flexibility index (Phi) is 28.7. The fraction of sp³-hybridized carbons (Fsp3) is 0.508. The molecule has 3 aromatic rings. The Labute approximate surface area is 497 Å². The highest BCUT2D eigenvalue weighted by atomic mass is 16.6. The molecule has 0 radical (unpaired) electrons. The van der Waals surface area contributed by atoms with Crippen LogP contribution in [0.1, 0.15) is 138 Å². The molecule has 0 heterocycles. The fourth-order valence-corrected chi connectivity index (χ4v) is 9.00. The Morgan fingerprint density at radius 3 is 1.15 bits per heavy atom. The summed E-state index contributed by atoms with van der Waals surface area (Å²) in [6, 6.07) is 15.8. The number of hydrogen-bond acceptors (Lipinski definition) is 20. The number of carbonyl (C=O) groups is 10. The molecule has 5 rings (SSSR count). The Morgan fingerprint density at radius 2 is 0.800 bits per heavy atom. The third kappa shape index (κ3) is 24.5. The van der Waals surface area contributed by atoms with Gasteiger partial charge in [-0.05, 0) is 170 Å². The van der Waals surface area contributed by atoms with Crippen molar-refractivity contribution in [2.24, 2.45) is 23.7 Å². The van der Waals surface area contributed by atoms with Crippen molar-refractivity contribution < 1.29 is 95.3 Å². The van der Waals surface area contributed by atoms with E-state index in [2.05, 4.69) is 20.1 Å². The maximum Gasteiger partial charge on any atom is 0.333 e. The Bertz CT molecular complexity index is 2830. The molecule has 0 amide bonds. The number of methoxy groups -OCH3 is 1. The SMILES string of the molecule is C=C(C)C(=O)OCC(C)OC(=O)CCC(=O)OCCc1ccc(OC(=O)C2CCC(C(=O)OC)CC2)cc1.C=C(C)C(=O)OCC(C)OC(=O)CCC(=O)OCCc1ccc(OC(=O)C2CCC(C(=O)Oc3cc(C)c(C)c(C)c3C)CC2)cc1. The van der Waals surface area contributed by atoms with Gasteiger partial charge in [-0.15, -0.1) is 0 Å². The second-order valence-electron chi connectivity index (χ2n) is 21.5. The third-order valence-electron chi connectivity index (χ3n) is 14.6. The van der Waals surface area contributed by atoms with Gasteiger partial charge in [0.1, 0.15) is 42.7 Å². The van der Waals surface area contributed by atoms with E-state index < -0.39 is 48.0 Å². The number of ether oxygens (including phenoxy) is 10. The summed E-state index contributed by atoms with van der Waals surface area (Å²) in [5, 5.41) is 0. The summed E-state index contributed by atoms with van der Waals surface area (Å²) in [7, 11) is 1.37. The maximum absolute atomic E-state index is 12.9. The quantitative estimate of drug-likeness (QED) is 0.0297. The summed E-state index contributed by atoms with van der Waals surface area (Å²) in [6.45, 7) is 21.2. The highest BCUT2D eigenvalue weighted by Crippen LogP contribution is 2.34. The van der Waals surface area contributed by atoms with Crippen LogP contribution in [0.25, 0.3) is 0 Å². The van der Waals surface area contributed by atoms with Crippen molar-refractivity contribution in [2.75, 3.05) is 33.5 Å². The summed E-state index contributed by atoms with van der Waals surface area (Å²) in [5.41, 5.74) is 6.62. The first-order valence-corrected chi connectivity index (χ1v) is 28.7. The second kappa shape index (κ2) is 35.2. The maximum atomic E-state index is 12.9. The fourth-order valence-electron chi connectivity index (χ4n) is 9.00. The molecule has 2 fully saturated rings. The van der Waals surface area contributed by atoms with Crippen molar-refractivity contribution in [1.82, 2.24) is 0 Å². The lowest BCUT2D eigenvalue weighted by molar-refractivity contribution is -0.158. The van der Waals surface area contributed by atoms with E-state index in [9.17, 15) is 47.9 Å². The lowest BCUT2D eigenvalue weighted by atomic mass is 9.82. The van der Waals surface area contributed by atoms with Gasteiger partial charge in [0.05, 0.1) is 69.7 Å². The molecule has 2 aliphatic rings. The molecule has 2 unspecified atom stereocenters. The zero-order valence-corrected chi connectivity index (χ0v) is 50.5. The summed E-state index contributed by atoms with van der Waals surface area (Å²) in [6.07, 6.45) is 3.63. The highest BCUT2D eigenvalue weighted by molar-refractivity contribution is 5.87. The number of carbonyl (C=O) groups excluding carboxylic acids is 10. The molecule has 0 aliphatic heterocycles. The molecule has 2 atom stereocenters. The van der Waals surface area contributed by atoms with Gasteiger partial charge in [-0.2, -0.15) is 0 Å². The standard InChI is InChI=1S/C37H46O10.C28H36O10/c1-22(2)35(40)44-21-24(4)45-34(39)17-16-33(38)43-19-18-28-8-14-31(15-9-28)46-36(41)29-10-12-30(13-11-29)37(42)47-32-20-23(3)25(5)26(6)27(32)7;1-18(2)26(31)36-17-19(3)37-25(30)14-13-24(29)35-16-15-20-5-11-23(12-6-20)38-28(33)22-9-7-21(8-10-22)27(32)34-4/h8-9,14-15,20,24,29-30H,1,10-13,16-19,21H2,2-7H3;5-6,11-12,19,21-22H,1,7-10,13-17H2,2-4H3. The molecule has 0 aromatic heterocycles. The van der Waals surface area contributed by atoms with Crippen molar-refractivity contribution in [3.8, 4) is 17.2 Å². The second-order valence-corrected chi connectivity index (χ2v) is 21.5. The molecule has 20 nitrogen and oxygen atoms in total. The number of hydrogen-bond donors (Lipinski definition) is 0. The molecule has 3 aromatic carbocycles. The van der Waals surface area contributed by atoms with Crippen LogP contribution in [0.3, 0.4) is 0 Å². The molecule has 0 bridgehead atoms. The normalized spacial score (nSPS) is 16.9. The minimum absolute atomic E-state index is 0.0993. The minimum Gasteiger partial charge on any atom is -0.469 e. The van der Waals surface area contributed by atoms with Crippen LogP contribution in [-0.4, -0.2) is 105 Å². The average Bonchev–Trinajstić information content (AvgIpc) is 3.65. The number of rotatable bonds is 27. The monoisotopic (exact) mass is 1180 g/mol. The Balaban J connectivity index is 0.000000373. The van der Waals surface area contributed by atoms with Gasteiger partial charge in [0.15, 0.2) is 0 Å². The van der Waals surface area contributed by atoms with Crippen LogP contribution >= 0.6 is 0 Å². The summed E-state index contributed by atoms with van der Waals surface area (Å²) < 4.78 is 52.1. The Hall–Kier alpha value is -8.16. The highest BCUT2D eigenvalue weighted by Gasteiger charge is 2.34. The van der Waals surface area contributed by atoms with E-state index in [-0.39, 0.29) is 111 Å². The van der Waals surface area contributed by atoms with Crippen LogP contribution in [0.4, 0.5) is 0 Å². The van der Waals surface area contributed by atoms with E-state index in [0.717, 1.165) is 27.8 Å². The van der Waals surface area contributed by atoms with E-state index in [1.165, 1.54) is 26.5 Å². The van der Waals surface area contributed by atoms with Gasteiger partial charge in [-0.1, -0.05) is 37.4 Å². The van der Waals surface area contributed by atoms with Gasteiger partial charge in [0.2, 0.25) is 0 Å². The minimum atomic E-state index is -0.655. The molecule has 2 saturated carbocycles. The van der Waals surface area contributed by atoms with Crippen molar-refractivity contribution in [3.05, 3.63) is 112 Å². The number of aryl methyl sites for hydroxylation is 1. The van der Waals surface area contributed by atoms with Crippen LogP contribution < -0.4 is 14.2 Å². The Morgan fingerprint density at radius 1 is 0.459 bits per heavy atom. The van der Waals surface area contributed by atoms with E-state index in [1.54, 1.807) is 62.4 Å². The van der Waals surface area contributed by atoms with E-state index in [1.807, 2.05) is 26.8 Å². The molecule has 20 heteroatoms. The van der Waals surface area contributed by atoms with E-state index in [4.69, 9.17) is 47.4 Å². The van der Waals surface area contributed by atoms with Gasteiger partial charge in [-0.25, -0.2) is 9.59 Å². The van der Waals surface area contributed by atoms with Crippen LogP contribution in [0.15, 0.2) is 78.9 Å². The van der Waals surface area contributed by atoms with Crippen LogP contribution in [0, 0.1) is 51.4 Å². The topological polar surface area (TPSA) is 263 Å². The van der Waals surface area contributed by atoms with Crippen LogP contribution in [0.2, 0.25) is 0 Å². The number of esters is 10. The largest absolute Gasteiger partial charge is 0.469 e. The first-order valence-electron chi connectivity index (χ1n) is 28.7. The van der Waals surface area contributed by atoms with Crippen molar-refractivity contribution in [2.45, 2.75) is 157 Å². The average molecular weight is 1180 g/mol. The molecule has 0 spiro atoms. The molecule has 0 saturated heterocycles. The molecule has 462 valence electrons. The number of benzene rings is 3. The van der Waals surface area contributed by atoms with Gasteiger partial charge in [-0.3, -0.25) is 38.4 Å². The lowest BCUT2D eigenvalue weighted by Crippen LogP contribution is -2.30. The molecule has 0 N–H and O–H groups in total. The van der Waals surface area contributed by atoms with Crippen molar-refractivity contribution >= 4 is 59.7 Å². The first-order chi connectivity index (χ1) is 40.3. The van der Waals surface area contributed by atoms with Crippen LogP contribution in [-0.2, 0) is 93.9 Å². The zero-order valence-electron chi connectivity index (χ0n) is 50.5. The van der Waals surface area contributed by atoms with Gasteiger partial charge < -0.3 is 47.4 Å². The van der Waals surface area contributed by atoms with E-state index >= 15 is 0 Å².